The minimum atomic E-state index is -1.52. The Kier molecular flexibility index (Phi) is 11.9. The van der Waals surface area contributed by atoms with E-state index in [4.69, 9.17) is 5.73 Å². The van der Waals surface area contributed by atoms with Crippen molar-refractivity contribution in [2.24, 2.45) is 22.1 Å². The largest absolute Gasteiger partial charge is 0.391 e. The summed E-state index contributed by atoms with van der Waals surface area (Å²) in [6, 6.07) is 11.2. The summed E-state index contributed by atoms with van der Waals surface area (Å²) in [5.74, 6) is -3.46. The molecule has 0 aromatic heterocycles. The number of nitrogens with two attached hydrogens (primary N) is 1. The molecule has 2 aromatic rings. The first kappa shape index (κ1) is 33.1. The van der Waals surface area contributed by atoms with Crippen LogP contribution in [-0.4, -0.2) is 53.3 Å². The number of allylic oxidation sites excluding steroid dienone is 1. The summed E-state index contributed by atoms with van der Waals surface area (Å²) in [6.07, 6.45) is 2.68. The highest BCUT2D eigenvalue weighted by atomic mass is 19.1. The quantitative estimate of drug-likeness (QED) is 0.283. The Labute approximate surface area is 247 Å². The van der Waals surface area contributed by atoms with Crippen LogP contribution < -0.4 is 11.1 Å². The number of nitrogens with zero attached hydrogens (tertiary/aromatic N) is 2. The van der Waals surface area contributed by atoms with Crippen molar-refractivity contribution in [3.05, 3.63) is 82.6 Å². The van der Waals surface area contributed by atoms with E-state index in [1.807, 2.05) is 32.0 Å². The molecule has 0 aliphatic carbocycles. The smallest absolute Gasteiger partial charge is 0.268 e. The van der Waals surface area contributed by atoms with E-state index in [0.717, 1.165) is 30.9 Å². The molecule has 0 bridgehead atoms. The number of aliphatic imine (C=N–C) groups is 1. The number of carbonyl (C=O) groups excluding carboxylic acids is 2. The molecular formula is C33H44F2N4O3. The van der Waals surface area contributed by atoms with Gasteiger partial charge in [0.1, 0.15) is 17.3 Å². The third-order valence-corrected chi connectivity index (χ3v) is 7.80. The summed E-state index contributed by atoms with van der Waals surface area (Å²) in [7, 11) is 0. The fraction of sp³-hybridized carbons (Fsp3) is 0.485. The Balaban J connectivity index is 1.98. The Morgan fingerprint density at radius 3 is 2.29 bits per heavy atom. The second-order valence-electron chi connectivity index (χ2n) is 11.2. The van der Waals surface area contributed by atoms with Gasteiger partial charge in [0.25, 0.3) is 5.91 Å². The average molecular weight is 583 g/mol. The van der Waals surface area contributed by atoms with Gasteiger partial charge < -0.3 is 21.1 Å². The van der Waals surface area contributed by atoms with Crippen LogP contribution >= 0.6 is 0 Å². The van der Waals surface area contributed by atoms with E-state index in [9.17, 15) is 23.5 Å². The van der Waals surface area contributed by atoms with Crippen LogP contribution in [0, 0.1) is 23.0 Å². The highest BCUT2D eigenvalue weighted by Gasteiger charge is 2.49. The number of amides is 2. The molecule has 7 nitrogen and oxygen atoms in total. The Bertz CT molecular complexity index is 1290. The lowest BCUT2D eigenvalue weighted by Gasteiger charge is -2.41. The molecule has 1 unspecified atom stereocenters. The molecule has 0 fully saturated rings. The number of halogens is 2. The minimum Gasteiger partial charge on any atom is -0.391 e. The summed E-state index contributed by atoms with van der Waals surface area (Å²) in [6.45, 7) is 9.34. The lowest BCUT2D eigenvalue weighted by atomic mass is 9.65. The summed E-state index contributed by atoms with van der Waals surface area (Å²) in [4.78, 5) is 33.2. The first-order valence-electron chi connectivity index (χ1n) is 14.8. The molecule has 0 spiro atoms. The lowest BCUT2D eigenvalue weighted by molar-refractivity contribution is -0.130. The van der Waals surface area contributed by atoms with Crippen LogP contribution in [-0.2, 0) is 29.0 Å². The van der Waals surface area contributed by atoms with Gasteiger partial charge >= 0.3 is 0 Å². The zero-order valence-electron chi connectivity index (χ0n) is 25.1. The highest BCUT2D eigenvalue weighted by molar-refractivity contribution is 6.39. The number of hydrogen-bond donors (Lipinski definition) is 3. The Morgan fingerprint density at radius 2 is 1.69 bits per heavy atom. The summed E-state index contributed by atoms with van der Waals surface area (Å²) >= 11 is 0. The van der Waals surface area contributed by atoms with Crippen molar-refractivity contribution in [1.82, 2.24) is 10.2 Å². The molecular weight excluding hydrogens is 538 g/mol. The van der Waals surface area contributed by atoms with Gasteiger partial charge in [-0.05, 0) is 67.5 Å². The van der Waals surface area contributed by atoms with Crippen molar-refractivity contribution < 1.29 is 23.5 Å². The van der Waals surface area contributed by atoms with Gasteiger partial charge in [0.15, 0.2) is 0 Å². The average Bonchev–Trinajstić information content (AvgIpc) is 2.94. The van der Waals surface area contributed by atoms with Crippen LogP contribution in [0.5, 0.6) is 0 Å². The number of nitrogens with one attached hydrogen (secondary N) is 1. The van der Waals surface area contributed by atoms with Crippen molar-refractivity contribution in [2.75, 3.05) is 19.6 Å². The van der Waals surface area contributed by atoms with Crippen LogP contribution in [0.3, 0.4) is 0 Å². The molecule has 228 valence electrons. The van der Waals surface area contributed by atoms with Gasteiger partial charge in [-0.25, -0.2) is 8.78 Å². The Hall–Kier alpha value is -3.43. The normalized spacial score (nSPS) is 18.2. The van der Waals surface area contributed by atoms with Gasteiger partial charge in [0.05, 0.1) is 11.5 Å². The summed E-state index contributed by atoms with van der Waals surface area (Å²) in [5.41, 5.74) is 7.66. The van der Waals surface area contributed by atoms with Crippen molar-refractivity contribution in [3.8, 4) is 0 Å². The molecule has 1 aliphatic rings. The number of primary amides is 1. The molecule has 2 aromatic carbocycles. The fourth-order valence-corrected chi connectivity index (χ4v) is 5.84. The molecule has 9 heteroatoms. The van der Waals surface area contributed by atoms with Crippen molar-refractivity contribution >= 4 is 17.5 Å². The van der Waals surface area contributed by atoms with Crippen molar-refractivity contribution in [2.45, 2.75) is 72.4 Å². The van der Waals surface area contributed by atoms with E-state index >= 15 is 0 Å². The van der Waals surface area contributed by atoms with Gasteiger partial charge in [-0.15, -0.1) is 0 Å². The standard InChI is InChI=1S/C33H44F2N4O3/c1-5-11-39(12-6-2)31(41)29-19-33(32(36)42,18-22(4)38-29)28(16-25-14-26(34)17-27(35)15-25)30(40)21-37-20-24-10-8-9-23(7-3)13-24/h8-10,13-15,17-18,28,30,37,40H,5-7,11-12,16,19-21H2,1-4H3,(H2,36,42)/t28-,30+,33?/m1/s1. The number of aliphatic hydroxyl groups excluding tert-OH is 1. The van der Waals surface area contributed by atoms with E-state index in [-0.39, 0.29) is 36.6 Å². The van der Waals surface area contributed by atoms with Gasteiger partial charge in [-0.1, -0.05) is 45.0 Å². The van der Waals surface area contributed by atoms with Gasteiger partial charge in [-0.3, -0.25) is 14.6 Å². The molecule has 3 rings (SSSR count). The van der Waals surface area contributed by atoms with Crippen molar-refractivity contribution in [3.63, 3.8) is 0 Å². The van der Waals surface area contributed by atoms with E-state index < -0.39 is 35.0 Å². The maximum atomic E-state index is 14.2. The van der Waals surface area contributed by atoms with Gasteiger partial charge in [-0.2, -0.15) is 0 Å². The van der Waals surface area contributed by atoms with Gasteiger partial charge in [0, 0.05) is 50.3 Å². The molecule has 1 heterocycles. The molecule has 42 heavy (non-hydrogen) atoms. The zero-order chi connectivity index (χ0) is 30.9. The molecule has 4 N–H and O–H groups in total. The number of aliphatic hydroxyl groups is 1. The molecule has 0 saturated carbocycles. The minimum absolute atomic E-state index is 0.0509. The second-order valence-corrected chi connectivity index (χ2v) is 11.2. The second kappa shape index (κ2) is 15.2. The molecule has 1 aliphatic heterocycles. The van der Waals surface area contributed by atoms with E-state index in [1.54, 1.807) is 17.9 Å². The highest BCUT2D eigenvalue weighted by Crippen LogP contribution is 2.42. The molecule has 0 radical (unpaired) electrons. The third kappa shape index (κ3) is 8.32. The SMILES string of the molecule is CCCN(CCC)C(=O)C1=NC(C)=CC(C(N)=O)([C@H](Cc2cc(F)cc(F)c2)[C@@H](O)CNCc2cccc(CC)c2)C1. The van der Waals surface area contributed by atoms with Crippen LogP contribution in [0.1, 0.15) is 63.6 Å². The number of benzene rings is 2. The number of hydrogen-bond acceptors (Lipinski definition) is 5. The molecule has 3 atom stereocenters. The van der Waals surface area contributed by atoms with Gasteiger partial charge in [0.2, 0.25) is 5.91 Å². The third-order valence-electron chi connectivity index (χ3n) is 7.80. The summed E-state index contributed by atoms with van der Waals surface area (Å²) < 4.78 is 28.4. The van der Waals surface area contributed by atoms with E-state index in [1.165, 1.54) is 17.7 Å². The first-order chi connectivity index (χ1) is 20.0. The maximum Gasteiger partial charge on any atom is 0.268 e. The first-order valence-corrected chi connectivity index (χ1v) is 14.8. The molecule has 2 amide bonds. The van der Waals surface area contributed by atoms with Crippen LogP contribution in [0.4, 0.5) is 8.78 Å². The fourth-order valence-electron chi connectivity index (χ4n) is 5.84. The number of rotatable bonds is 15. The monoisotopic (exact) mass is 582 g/mol. The predicted octanol–water partition coefficient (Wildman–Crippen LogP) is 4.71. The summed E-state index contributed by atoms with van der Waals surface area (Å²) in [5, 5.41) is 14.9. The van der Waals surface area contributed by atoms with Crippen LogP contribution in [0.15, 0.2) is 59.2 Å². The maximum absolute atomic E-state index is 14.2. The zero-order valence-corrected chi connectivity index (χ0v) is 25.1. The van der Waals surface area contributed by atoms with Crippen LogP contribution in [0.2, 0.25) is 0 Å². The van der Waals surface area contributed by atoms with E-state index in [2.05, 4.69) is 23.3 Å². The van der Waals surface area contributed by atoms with Crippen molar-refractivity contribution in [1.29, 1.82) is 0 Å². The topological polar surface area (TPSA) is 108 Å². The number of aryl methyl sites for hydroxylation is 1. The van der Waals surface area contributed by atoms with E-state index in [0.29, 0.717) is 25.3 Å². The Morgan fingerprint density at radius 1 is 1.05 bits per heavy atom. The lowest BCUT2D eigenvalue weighted by Crippen LogP contribution is -2.53. The molecule has 0 saturated heterocycles. The number of carbonyl (C=O) groups is 2. The predicted molar refractivity (Wildman–Crippen MR) is 162 cm³/mol. The van der Waals surface area contributed by atoms with Crippen LogP contribution in [0.25, 0.3) is 0 Å².